The number of hydrogen-bond donors (Lipinski definition) is 0. The first-order valence-electron chi connectivity index (χ1n) is 6.84. The zero-order chi connectivity index (χ0) is 13.0. The molecule has 1 aromatic carbocycles. The predicted octanol–water partition coefficient (Wildman–Crippen LogP) is 4.53. The Morgan fingerprint density at radius 3 is 2.72 bits per heavy atom. The van der Waals surface area contributed by atoms with Crippen LogP contribution in [-0.2, 0) is 18.8 Å². The van der Waals surface area contributed by atoms with Gasteiger partial charge in [-0.2, -0.15) is 0 Å². The van der Waals surface area contributed by atoms with Gasteiger partial charge in [-0.3, -0.25) is 0 Å². The first kappa shape index (κ1) is 13.4. The molecule has 0 unspecified atom stereocenters. The zero-order valence-electron chi connectivity index (χ0n) is 11.2. The van der Waals surface area contributed by atoms with Crippen LogP contribution in [0.1, 0.15) is 44.5 Å². The molecule has 0 aliphatic carbocycles. The van der Waals surface area contributed by atoms with Crippen molar-refractivity contribution in [1.82, 2.24) is 9.55 Å². The van der Waals surface area contributed by atoms with Crippen LogP contribution in [0.2, 0.25) is 0 Å². The summed E-state index contributed by atoms with van der Waals surface area (Å²) in [6.07, 6.45) is 4.74. The third-order valence-corrected chi connectivity index (χ3v) is 3.64. The Labute approximate surface area is 114 Å². The fourth-order valence-electron chi connectivity index (χ4n) is 2.32. The Balaban J connectivity index is 2.36. The van der Waals surface area contributed by atoms with Gasteiger partial charge in [0.05, 0.1) is 16.9 Å². The largest absolute Gasteiger partial charge is 0.327 e. The second-order valence-electron chi connectivity index (χ2n) is 4.70. The summed E-state index contributed by atoms with van der Waals surface area (Å²) in [7, 11) is 0. The van der Waals surface area contributed by atoms with E-state index in [1.165, 1.54) is 30.3 Å². The number of aryl methyl sites for hydroxylation is 2. The summed E-state index contributed by atoms with van der Waals surface area (Å²) < 4.78 is 2.28. The van der Waals surface area contributed by atoms with E-state index >= 15 is 0 Å². The van der Waals surface area contributed by atoms with Gasteiger partial charge in [0, 0.05) is 6.54 Å². The molecule has 2 rings (SSSR count). The molecule has 0 amide bonds. The van der Waals surface area contributed by atoms with E-state index in [-0.39, 0.29) is 0 Å². The number of unbranched alkanes of at least 4 members (excludes halogenated alkanes) is 2. The van der Waals surface area contributed by atoms with Crippen LogP contribution in [-0.4, -0.2) is 9.55 Å². The SMILES string of the molecule is CCCCCn1c(CCl)nc2cc(CC)ccc21. The maximum Gasteiger partial charge on any atom is 0.124 e. The highest BCUT2D eigenvalue weighted by Gasteiger charge is 2.09. The lowest BCUT2D eigenvalue weighted by molar-refractivity contribution is 0.600. The Morgan fingerprint density at radius 1 is 1.22 bits per heavy atom. The normalized spacial score (nSPS) is 11.3. The van der Waals surface area contributed by atoms with Gasteiger partial charge in [0.2, 0.25) is 0 Å². The van der Waals surface area contributed by atoms with Crippen LogP contribution in [0.3, 0.4) is 0 Å². The summed E-state index contributed by atoms with van der Waals surface area (Å²) in [4.78, 5) is 4.65. The van der Waals surface area contributed by atoms with Crippen molar-refractivity contribution >= 4 is 22.6 Å². The van der Waals surface area contributed by atoms with Crippen molar-refractivity contribution in [1.29, 1.82) is 0 Å². The molecule has 0 radical (unpaired) electrons. The molecule has 0 aliphatic rings. The van der Waals surface area contributed by atoms with Crippen LogP contribution in [0.5, 0.6) is 0 Å². The molecule has 1 heterocycles. The molecule has 0 aliphatic heterocycles. The van der Waals surface area contributed by atoms with Crippen molar-refractivity contribution < 1.29 is 0 Å². The molecular weight excluding hydrogens is 244 g/mol. The van der Waals surface area contributed by atoms with Crippen molar-refractivity contribution in [3.05, 3.63) is 29.6 Å². The van der Waals surface area contributed by atoms with E-state index in [1.807, 2.05) is 0 Å². The molecular formula is C15H21ClN2. The molecule has 0 fully saturated rings. The quantitative estimate of drug-likeness (QED) is 0.554. The van der Waals surface area contributed by atoms with Gasteiger partial charge < -0.3 is 4.57 Å². The van der Waals surface area contributed by atoms with Crippen molar-refractivity contribution in [3.63, 3.8) is 0 Å². The van der Waals surface area contributed by atoms with Gasteiger partial charge in [0.15, 0.2) is 0 Å². The highest BCUT2D eigenvalue weighted by atomic mass is 35.5. The number of halogens is 1. The van der Waals surface area contributed by atoms with E-state index in [4.69, 9.17) is 11.6 Å². The van der Waals surface area contributed by atoms with Gasteiger partial charge in [-0.05, 0) is 30.5 Å². The molecule has 0 bridgehead atoms. The highest BCUT2D eigenvalue weighted by Crippen LogP contribution is 2.20. The molecule has 3 heteroatoms. The molecule has 0 saturated heterocycles. The second-order valence-corrected chi connectivity index (χ2v) is 4.96. The minimum absolute atomic E-state index is 0.488. The number of alkyl halides is 1. The van der Waals surface area contributed by atoms with E-state index in [2.05, 4.69) is 41.6 Å². The Morgan fingerprint density at radius 2 is 2.06 bits per heavy atom. The summed E-state index contributed by atoms with van der Waals surface area (Å²) in [5.41, 5.74) is 3.64. The highest BCUT2D eigenvalue weighted by molar-refractivity contribution is 6.16. The minimum atomic E-state index is 0.488. The fraction of sp³-hybridized carbons (Fsp3) is 0.533. The summed E-state index contributed by atoms with van der Waals surface area (Å²) >= 11 is 6.01. The van der Waals surface area contributed by atoms with E-state index in [1.54, 1.807) is 0 Å². The van der Waals surface area contributed by atoms with Gasteiger partial charge in [0.1, 0.15) is 5.82 Å². The number of hydrogen-bond acceptors (Lipinski definition) is 1. The molecule has 18 heavy (non-hydrogen) atoms. The number of rotatable bonds is 6. The standard InChI is InChI=1S/C15H21ClN2/c1-3-5-6-9-18-14-8-7-12(4-2)10-13(14)17-15(18)11-16/h7-8,10H,3-6,9,11H2,1-2H3. The lowest BCUT2D eigenvalue weighted by atomic mass is 10.1. The summed E-state index contributed by atoms with van der Waals surface area (Å²) in [6.45, 7) is 5.42. The third kappa shape index (κ3) is 2.69. The van der Waals surface area contributed by atoms with E-state index in [0.717, 1.165) is 24.3 Å². The minimum Gasteiger partial charge on any atom is -0.327 e. The Bertz CT molecular complexity index is 516. The van der Waals surface area contributed by atoms with Gasteiger partial charge >= 0.3 is 0 Å². The maximum atomic E-state index is 6.01. The summed E-state index contributed by atoms with van der Waals surface area (Å²) in [5, 5.41) is 0. The van der Waals surface area contributed by atoms with Crippen LogP contribution in [0.15, 0.2) is 18.2 Å². The lowest BCUT2D eigenvalue weighted by Crippen LogP contribution is -2.02. The van der Waals surface area contributed by atoms with Crippen LogP contribution in [0.4, 0.5) is 0 Å². The molecule has 2 aromatic rings. The topological polar surface area (TPSA) is 17.8 Å². The van der Waals surface area contributed by atoms with Crippen molar-refractivity contribution in [3.8, 4) is 0 Å². The Hall–Kier alpha value is -1.02. The molecule has 0 atom stereocenters. The number of imidazole rings is 1. The Kier molecular flexibility index (Phi) is 4.65. The van der Waals surface area contributed by atoms with Crippen molar-refractivity contribution in [2.24, 2.45) is 0 Å². The van der Waals surface area contributed by atoms with Gasteiger partial charge in [-0.15, -0.1) is 11.6 Å². The number of fused-ring (bicyclic) bond motifs is 1. The molecule has 0 N–H and O–H groups in total. The maximum absolute atomic E-state index is 6.01. The average molecular weight is 265 g/mol. The molecule has 0 saturated carbocycles. The molecule has 98 valence electrons. The number of nitrogens with zero attached hydrogens (tertiary/aromatic N) is 2. The third-order valence-electron chi connectivity index (χ3n) is 3.40. The monoisotopic (exact) mass is 264 g/mol. The number of aromatic nitrogens is 2. The summed E-state index contributed by atoms with van der Waals surface area (Å²) in [6, 6.07) is 6.56. The van der Waals surface area contributed by atoms with Crippen LogP contribution in [0, 0.1) is 0 Å². The van der Waals surface area contributed by atoms with Crippen molar-refractivity contribution in [2.75, 3.05) is 0 Å². The van der Waals surface area contributed by atoms with Crippen molar-refractivity contribution in [2.45, 2.75) is 52.0 Å². The molecule has 1 aromatic heterocycles. The molecule has 0 spiro atoms. The van der Waals surface area contributed by atoms with Crippen LogP contribution in [0.25, 0.3) is 11.0 Å². The fourth-order valence-corrected chi connectivity index (χ4v) is 2.52. The predicted molar refractivity (Wildman–Crippen MR) is 78.2 cm³/mol. The van der Waals surface area contributed by atoms with Gasteiger partial charge in [-0.25, -0.2) is 4.98 Å². The van der Waals surface area contributed by atoms with Crippen LogP contribution >= 0.6 is 11.6 Å². The van der Waals surface area contributed by atoms with Gasteiger partial charge in [0.25, 0.3) is 0 Å². The van der Waals surface area contributed by atoms with E-state index in [9.17, 15) is 0 Å². The van der Waals surface area contributed by atoms with E-state index in [0.29, 0.717) is 5.88 Å². The van der Waals surface area contributed by atoms with Crippen LogP contribution < -0.4 is 0 Å². The van der Waals surface area contributed by atoms with E-state index < -0.39 is 0 Å². The van der Waals surface area contributed by atoms with Gasteiger partial charge in [-0.1, -0.05) is 32.8 Å². The molecule has 2 nitrogen and oxygen atoms in total. The first-order valence-corrected chi connectivity index (χ1v) is 7.37. The smallest absolute Gasteiger partial charge is 0.124 e. The first-order chi connectivity index (χ1) is 8.80. The lowest BCUT2D eigenvalue weighted by Gasteiger charge is -2.07. The second kappa shape index (κ2) is 6.24. The number of benzene rings is 1. The summed E-state index contributed by atoms with van der Waals surface area (Å²) in [5.74, 6) is 1.48. The zero-order valence-corrected chi connectivity index (χ0v) is 12.0. The average Bonchev–Trinajstić information content (AvgIpc) is 2.76.